The number of anilines is 1. The molecule has 1 rings (SSSR count). The second-order valence-corrected chi connectivity index (χ2v) is 3.95. The van der Waals surface area contributed by atoms with Crippen LogP contribution >= 0.6 is 11.8 Å². The minimum Gasteiger partial charge on any atom is -0.384 e. The van der Waals surface area contributed by atoms with Crippen LogP contribution in [0.1, 0.15) is 5.56 Å². The normalized spacial score (nSPS) is 10.1. The van der Waals surface area contributed by atoms with Gasteiger partial charge >= 0.3 is 0 Å². The van der Waals surface area contributed by atoms with Crippen LogP contribution in [0, 0.1) is 0 Å². The molecule has 1 aromatic heterocycles. The third-order valence-corrected chi connectivity index (χ3v) is 2.77. The Bertz CT molecular complexity index is 268. The molecule has 0 spiro atoms. The molecule has 0 saturated carbocycles. The fourth-order valence-electron chi connectivity index (χ4n) is 1.03. The van der Waals surface area contributed by atoms with Crippen molar-refractivity contribution >= 4 is 17.6 Å². The van der Waals surface area contributed by atoms with Gasteiger partial charge in [-0.15, -0.1) is 0 Å². The molecular formula is C10H16N2OS. The Morgan fingerprint density at radius 3 is 3.14 bits per heavy atom. The van der Waals surface area contributed by atoms with Crippen LogP contribution in [-0.2, 0) is 10.5 Å². The summed E-state index contributed by atoms with van der Waals surface area (Å²) in [5.41, 5.74) is 1.30. The quantitative estimate of drug-likeness (QED) is 0.731. The fraction of sp³-hybridized carbons (Fsp3) is 0.500. The lowest BCUT2D eigenvalue weighted by molar-refractivity contribution is 0.218. The van der Waals surface area contributed by atoms with Crippen molar-refractivity contribution in [2.45, 2.75) is 5.75 Å². The molecule has 0 atom stereocenters. The van der Waals surface area contributed by atoms with E-state index in [-0.39, 0.29) is 0 Å². The highest BCUT2D eigenvalue weighted by molar-refractivity contribution is 7.98. The van der Waals surface area contributed by atoms with Crippen molar-refractivity contribution in [2.24, 2.45) is 0 Å². The predicted molar refractivity (Wildman–Crippen MR) is 61.8 cm³/mol. The molecule has 3 nitrogen and oxygen atoms in total. The van der Waals surface area contributed by atoms with Gasteiger partial charge in [-0.25, -0.2) is 4.98 Å². The summed E-state index contributed by atoms with van der Waals surface area (Å²) in [5, 5.41) is 3.02. The van der Waals surface area contributed by atoms with Gasteiger partial charge in [-0.3, -0.25) is 0 Å². The second-order valence-electron chi connectivity index (χ2n) is 2.84. The molecule has 0 saturated heterocycles. The van der Waals surface area contributed by atoms with Crippen LogP contribution in [0.2, 0.25) is 0 Å². The van der Waals surface area contributed by atoms with E-state index in [1.807, 2.05) is 31.1 Å². The van der Waals surface area contributed by atoms with Crippen molar-refractivity contribution in [3.05, 3.63) is 23.9 Å². The molecule has 1 aromatic rings. The molecule has 0 fully saturated rings. The van der Waals surface area contributed by atoms with Crippen molar-refractivity contribution < 1.29 is 4.74 Å². The molecular weight excluding hydrogens is 196 g/mol. The number of hydrogen-bond acceptors (Lipinski definition) is 4. The summed E-state index contributed by atoms with van der Waals surface area (Å²) >= 11 is 1.87. The second kappa shape index (κ2) is 6.68. The topological polar surface area (TPSA) is 34.1 Å². The van der Waals surface area contributed by atoms with Gasteiger partial charge in [-0.05, 0) is 17.7 Å². The van der Waals surface area contributed by atoms with Crippen LogP contribution in [0.15, 0.2) is 18.3 Å². The maximum Gasteiger partial charge on any atom is 0.125 e. The van der Waals surface area contributed by atoms with E-state index in [0.717, 1.165) is 23.9 Å². The number of methoxy groups -OCH3 is 1. The molecule has 78 valence electrons. The average molecular weight is 212 g/mol. The number of aromatic nitrogens is 1. The number of nitrogens with one attached hydrogen (secondary N) is 1. The minimum absolute atomic E-state index is 0.814. The zero-order valence-corrected chi connectivity index (χ0v) is 9.43. The van der Waals surface area contributed by atoms with Crippen LogP contribution in [0.4, 0.5) is 5.82 Å². The Hall–Kier alpha value is -0.740. The minimum atomic E-state index is 0.814. The smallest absolute Gasteiger partial charge is 0.125 e. The molecule has 0 aromatic carbocycles. The Balaban J connectivity index is 2.34. The van der Waals surface area contributed by atoms with Gasteiger partial charge in [0.15, 0.2) is 0 Å². The van der Waals surface area contributed by atoms with Crippen molar-refractivity contribution in [1.29, 1.82) is 0 Å². The highest BCUT2D eigenvalue weighted by Gasteiger charge is 1.95. The molecule has 0 unspecified atom stereocenters. The molecule has 0 radical (unpaired) electrons. The van der Waals surface area contributed by atoms with E-state index in [2.05, 4.69) is 16.4 Å². The SMILES string of the molecule is CNc1cc(CSCCOC)ccn1. The Labute approximate surface area is 89.3 Å². The van der Waals surface area contributed by atoms with E-state index in [9.17, 15) is 0 Å². The van der Waals surface area contributed by atoms with Gasteiger partial charge in [0.1, 0.15) is 5.82 Å². The number of hydrogen-bond donors (Lipinski definition) is 1. The van der Waals surface area contributed by atoms with Crippen molar-refractivity contribution in [1.82, 2.24) is 4.98 Å². The first-order chi connectivity index (χ1) is 6.86. The molecule has 0 aliphatic carbocycles. The molecule has 0 amide bonds. The van der Waals surface area contributed by atoms with Crippen molar-refractivity contribution in [3.8, 4) is 0 Å². The highest BCUT2D eigenvalue weighted by Crippen LogP contribution is 2.13. The van der Waals surface area contributed by atoms with E-state index in [4.69, 9.17) is 4.74 Å². The molecule has 1 N–H and O–H groups in total. The molecule has 0 aliphatic heterocycles. The van der Waals surface area contributed by atoms with Gasteiger partial charge in [-0.1, -0.05) is 0 Å². The van der Waals surface area contributed by atoms with Gasteiger partial charge in [0.05, 0.1) is 6.61 Å². The maximum absolute atomic E-state index is 4.98. The van der Waals surface area contributed by atoms with Gasteiger partial charge in [0.2, 0.25) is 0 Å². The summed E-state index contributed by atoms with van der Waals surface area (Å²) in [7, 11) is 3.61. The highest BCUT2D eigenvalue weighted by atomic mass is 32.2. The summed E-state index contributed by atoms with van der Waals surface area (Å²) in [4.78, 5) is 4.16. The lowest BCUT2D eigenvalue weighted by atomic mass is 10.3. The third kappa shape index (κ3) is 3.98. The zero-order chi connectivity index (χ0) is 10.2. The maximum atomic E-state index is 4.98. The van der Waals surface area contributed by atoms with Gasteiger partial charge in [0, 0.05) is 31.9 Å². The monoisotopic (exact) mass is 212 g/mol. The van der Waals surface area contributed by atoms with Crippen molar-refractivity contribution in [3.63, 3.8) is 0 Å². The van der Waals surface area contributed by atoms with Gasteiger partial charge in [-0.2, -0.15) is 11.8 Å². The number of thioether (sulfide) groups is 1. The lowest BCUT2D eigenvalue weighted by Gasteiger charge is -2.03. The van der Waals surface area contributed by atoms with E-state index >= 15 is 0 Å². The largest absolute Gasteiger partial charge is 0.384 e. The first-order valence-electron chi connectivity index (χ1n) is 4.56. The number of pyridine rings is 1. The third-order valence-electron chi connectivity index (χ3n) is 1.78. The molecule has 14 heavy (non-hydrogen) atoms. The standard InChI is InChI=1S/C10H16N2OS/c1-11-10-7-9(3-4-12-10)8-14-6-5-13-2/h3-4,7H,5-6,8H2,1-2H3,(H,11,12). The first-order valence-corrected chi connectivity index (χ1v) is 5.71. The van der Waals surface area contributed by atoms with Crippen LogP contribution in [-0.4, -0.2) is 31.5 Å². The Morgan fingerprint density at radius 2 is 2.43 bits per heavy atom. The fourth-order valence-corrected chi connectivity index (χ4v) is 1.88. The van der Waals surface area contributed by atoms with E-state index in [0.29, 0.717) is 0 Å². The summed E-state index contributed by atoms with van der Waals surface area (Å²) in [5.74, 6) is 2.98. The number of nitrogens with zero attached hydrogens (tertiary/aromatic N) is 1. The predicted octanol–water partition coefficient (Wildman–Crippen LogP) is 2.00. The number of rotatable bonds is 6. The molecule has 4 heteroatoms. The van der Waals surface area contributed by atoms with Crippen LogP contribution in [0.5, 0.6) is 0 Å². The molecule has 1 heterocycles. The van der Waals surface area contributed by atoms with Gasteiger partial charge in [0.25, 0.3) is 0 Å². The summed E-state index contributed by atoms with van der Waals surface area (Å²) in [6, 6.07) is 4.11. The Morgan fingerprint density at radius 1 is 1.57 bits per heavy atom. The molecule has 0 aliphatic rings. The van der Waals surface area contributed by atoms with Crippen LogP contribution in [0.3, 0.4) is 0 Å². The van der Waals surface area contributed by atoms with Crippen molar-refractivity contribution in [2.75, 3.05) is 31.8 Å². The summed E-state index contributed by atoms with van der Waals surface area (Å²) in [6.07, 6.45) is 1.83. The number of ether oxygens (including phenoxy) is 1. The van der Waals surface area contributed by atoms with E-state index < -0.39 is 0 Å². The lowest BCUT2D eigenvalue weighted by Crippen LogP contribution is -1.95. The van der Waals surface area contributed by atoms with E-state index in [1.165, 1.54) is 5.56 Å². The first kappa shape index (κ1) is 11.3. The van der Waals surface area contributed by atoms with Crippen LogP contribution in [0.25, 0.3) is 0 Å². The molecule has 0 bridgehead atoms. The summed E-state index contributed by atoms with van der Waals surface area (Å²) in [6.45, 7) is 0.814. The van der Waals surface area contributed by atoms with E-state index in [1.54, 1.807) is 7.11 Å². The van der Waals surface area contributed by atoms with Gasteiger partial charge < -0.3 is 10.1 Å². The average Bonchev–Trinajstić information content (AvgIpc) is 2.25. The Kier molecular flexibility index (Phi) is 5.40. The van der Waals surface area contributed by atoms with Crippen LogP contribution < -0.4 is 5.32 Å². The zero-order valence-electron chi connectivity index (χ0n) is 8.62. The summed E-state index contributed by atoms with van der Waals surface area (Å²) < 4.78 is 4.98.